The van der Waals surface area contributed by atoms with Gasteiger partial charge in [0, 0.05) is 5.02 Å². The number of halogens is 2. The summed E-state index contributed by atoms with van der Waals surface area (Å²) < 4.78 is 13.5. The van der Waals surface area contributed by atoms with E-state index < -0.39 is 5.82 Å². The molecular formula is C15H10ClFO. The number of carbonyl (C=O) groups excluding carboxylic acids is 1. The summed E-state index contributed by atoms with van der Waals surface area (Å²) in [5.74, 6) is -0.988. The van der Waals surface area contributed by atoms with Crippen LogP contribution < -0.4 is 0 Å². The molecule has 0 aliphatic carbocycles. The Morgan fingerprint density at radius 2 is 1.83 bits per heavy atom. The van der Waals surface area contributed by atoms with Crippen molar-refractivity contribution >= 4 is 23.5 Å². The van der Waals surface area contributed by atoms with Gasteiger partial charge in [-0.2, -0.15) is 0 Å². The molecule has 2 rings (SSSR count). The Hall–Kier alpha value is -1.93. The van der Waals surface area contributed by atoms with E-state index in [4.69, 9.17) is 11.6 Å². The van der Waals surface area contributed by atoms with Crippen LogP contribution in [0.5, 0.6) is 0 Å². The highest BCUT2D eigenvalue weighted by Gasteiger charge is 2.08. The van der Waals surface area contributed by atoms with E-state index >= 15 is 0 Å². The van der Waals surface area contributed by atoms with E-state index in [1.54, 1.807) is 6.08 Å². The summed E-state index contributed by atoms with van der Waals surface area (Å²) in [6.07, 6.45) is 3.00. The lowest BCUT2D eigenvalue weighted by Gasteiger charge is -1.99. The zero-order valence-corrected chi connectivity index (χ0v) is 10.2. The average Bonchev–Trinajstić information content (AvgIpc) is 2.37. The maximum atomic E-state index is 13.5. The standard InChI is InChI=1S/C15H10ClFO/c16-12-7-8-13(14(17)10-12)15(18)9-6-11-4-2-1-3-5-11/h1-10H/b9-6+. The highest BCUT2D eigenvalue weighted by molar-refractivity contribution is 6.30. The van der Waals surface area contributed by atoms with Crippen molar-refractivity contribution in [3.63, 3.8) is 0 Å². The number of carbonyl (C=O) groups is 1. The molecule has 0 bridgehead atoms. The van der Waals surface area contributed by atoms with Crippen LogP contribution in [-0.4, -0.2) is 5.78 Å². The molecule has 0 N–H and O–H groups in total. The van der Waals surface area contributed by atoms with Gasteiger partial charge in [-0.15, -0.1) is 0 Å². The van der Waals surface area contributed by atoms with E-state index in [1.165, 1.54) is 18.2 Å². The molecule has 0 radical (unpaired) electrons. The van der Waals surface area contributed by atoms with Gasteiger partial charge in [0.1, 0.15) is 5.82 Å². The first-order valence-corrected chi connectivity index (χ1v) is 5.77. The van der Waals surface area contributed by atoms with Gasteiger partial charge in [-0.05, 0) is 29.8 Å². The van der Waals surface area contributed by atoms with Gasteiger partial charge in [0.05, 0.1) is 5.56 Å². The first kappa shape index (κ1) is 12.5. The van der Waals surface area contributed by atoms with Crippen LogP contribution in [0.1, 0.15) is 15.9 Å². The van der Waals surface area contributed by atoms with Gasteiger partial charge in [-0.1, -0.05) is 48.0 Å². The Bertz CT molecular complexity index is 591. The van der Waals surface area contributed by atoms with Gasteiger partial charge in [0.25, 0.3) is 0 Å². The molecule has 3 heteroatoms. The predicted octanol–water partition coefficient (Wildman–Crippen LogP) is 4.38. The molecule has 0 aliphatic heterocycles. The van der Waals surface area contributed by atoms with E-state index in [1.807, 2.05) is 30.3 Å². The quantitative estimate of drug-likeness (QED) is 0.591. The van der Waals surface area contributed by atoms with Gasteiger partial charge in [-0.25, -0.2) is 4.39 Å². The van der Waals surface area contributed by atoms with Crippen LogP contribution >= 0.6 is 11.6 Å². The summed E-state index contributed by atoms with van der Waals surface area (Å²) in [5.41, 5.74) is 0.909. The molecule has 0 saturated heterocycles. The summed E-state index contributed by atoms with van der Waals surface area (Å²) in [6.45, 7) is 0. The molecule has 0 fully saturated rings. The average molecular weight is 261 g/mol. The Morgan fingerprint density at radius 1 is 1.11 bits per heavy atom. The van der Waals surface area contributed by atoms with Crippen LogP contribution in [0, 0.1) is 5.82 Å². The monoisotopic (exact) mass is 260 g/mol. The Morgan fingerprint density at radius 3 is 2.50 bits per heavy atom. The molecule has 0 amide bonds. The Balaban J connectivity index is 2.20. The summed E-state index contributed by atoms with van der Waals surface area (Å²) in [6, 6.07) is 13.4. The fourth-order valence-electron chi connectivity index (χ4n) is 1.52. The van der Waals surface area contributed by atoms with Crippen molar-refractivity contribution in [3.05, 3.63) is 76.6 Å². The van der Waals surface area contributed by atoms with Gasteiger partial charge in [0.2, 0.25) is 0 Å². The first-order valence-electron chi connectivity index (χ1n) is 5.39. The van der Waals surface area contributed by atoms with Crippen molar-refractivity contribution in [3.8, 4) is 0 Å². The van der Waals surface area contributed by atoms with Gasteiger partial charge >= 0.3 is 0 Å². The molecule has 18 heavy (non-hydrogen) atoms. The molecule has 0 saturated carbocycles. The predicted molar refractivity (Wildman–Crippen MR) is 71.2 cm³/mol. The molecule has 90 valence electrons. The van der Waals surface area contributed by atoms with Crippen molar-refractivity contribution in [1.82, 2.24) is 0 Å². The normalized spacial score (nSPS) is 10.8. The summed E-state index contributed by atoms with van der Waals surface area (Å²) in [7, 11) is 0. The molecule has 0 unspecified atom stereocenters. The van der Waals surface area contributed by atoms with E-state index in [2.05, 4.69) is 0 Å². The largest absolute Gasteiger partial charge is 0.289 e. The number of allylic oxidation sites excluding steroid dienone is 1. The molecule has 2 aromatic rings. The molecular weight excluding hydrogens is 251 g/mol. The number of hydrogen-bond acceptors (Lipinski definition) is 1. The zero-order chi connectivity index (χ0) is 13.0. The smallest absolute Gasteiger partial charge is 0.188 e. The maximum Gasteiger partial charge on any atom is 0.188 e. The van der Waals surface area contributed by atoms with Crippen LogP contribution in [0.4, 0.5) is 4.39 Å². The number of rotatable bonds is 3. The second-order valence-corrected chi connectivity index (χ2v) is 4.17. The molecule has 2 aromatic carbocycles. The van der Waals surface area contributed by atoms with Crippen LogP contribution in [0.15, 0.2) is 54.6 Å². The van der Waals surface area contributed by atoms with E-state index in [0.717, 1.165) is 11.6 Å². The van der Waals surface area contributed by atoms with Crippen molar-refractivity contribution in [2.45, 2.75) is 0 Å². The highest BCUT2D eigenvalue weighted by Crippen LogP contribution is 2.15. The van der Waals surface area contributed by atoms with Crippen LogP contribution in [0.2, 0.25) is 5.02 Å². The first-order chi connectivity index (χ1) is 8.66. The number of ketones is 1. The number of hydrogen-bond donors (Lipinski definition) is 0. The van der Waals surface area contributed by atoms with Crippen LogP contribution in [-0.2, 0) is 0 Å². The van der Waals surface area contributed by atoms with E-state index in [0.29, 0.717) is 0 Å². The fraction of sp³-hybridized carbons (Fsp3) is 0. The van der Waals surface area contributed by atoms with Crippen molar-refractivity contribution in [2.24, 2.45) is 0 Å². The SMILES string of the molecule is O=C(/C=C/c1ccccc1)c1ccc(Cl)cc1F. The van der Waals surface area contributed by atoms with Gasteiger partial charge < -0.3 is 0 Å². The molecule has 0 spiro atoms. The minimum Gasteiger partial charge on any atom is -0.289 e. The summed E-state index contributed by atoms with van der Waals surface area (Å²) in [4.78, 5) is 11.8. The number of benzene rings is 2. The summed E-state index contributed by atoms with van der Waals surface area (Å²) in [5, 5.41) is 0.274. The van der Waals surface area contributed by atoms with Gasteiger partial charge in [-0.3, -0.25) is 4.79 Å². The topological polar surface area (TPSA) is 17.1 Å². The Labute approximate surface area is 110 Å². The highest BCUT2D eigenvalue weighted by atomic mass is 35.5. The van der Waals surface area contributed by atoms with E-state index in [-0.39, 0.29) is 16.4 Å². The van der Waals surface area contributed by atoms with Crippen LogP contribution in [0.3, 0.4) is 0 Å². The lowest BCUT2D eigenvalue weighted by Crippen LogP contribution is -1.98. The summed E-state index contributed by atoms with van der Waals surface area (Å²) >= 11 is 5.63. The lowest BCUT2D eigenvalue weighted by molar-refractivity contribution is 0.104. The maximum absolute atomic E-state index is 13.5. The third-order valence-corrected chi connectivity index (χ3v) is 2.66. The molecule has 0 atom stereocenters. The third-order valence-electron chi connectivity index (χ3n) is 2.42. The molecule has 1 nitrogen and oxygen atoms in total. The molecule has 0 aliphatic rings. The lowest BCUT2D eigenvalue weighted by atomic mass is 10.1. The third kappa shape index (κ3) is 3.05. The van der Waals surface area contributed by atoms with Crippen molar-refractivity contribution in [2.75, 3.05) is 0 Å². The fourth-order valence-corrected chi connectivity index (χ4v) is 1.67. The molecule has 0 heterocycles. The second-order valence-electron chi connectivity index (χ2n) is 3.73. The van der Waals surface area contributed by atoms with E-state index in [9.17, 15) is 9.18 Å². The van der Waals surface area contributed by atoms with Crippen LogP contribution in [0.25, 0.3) is 6.08 Å². The second kappa shape index (κ2) is 5.61. The zero-order valence-electron chi connectivity index (χ0n) is 9.44. The minimum absolute atomic E-state index is 0.0200. The van der Waals surface area contributed by atoms with Crippen molar-refractivity contribution in [1.29, 1.82) is 0 Å². The van der Waals surface area contributed by atoms with Gasteiger partial charge in [0.15, 0.2) is 5.78 Å². The van der Waals surface area contributed by atoms with Crippen molar-refractivity contribution < 1.29 is 9.18 Å². The molecule has 0 aromatic heterocycles. The minimum atomic E-state index is -0.606. The Kier molecular flexibility index (Phi) is 3.90.